The minimum absolute atomic E-state index is 0.0565. The molecule has 8 aromatic carbocycles. The molecule has 292 valence electrons. The van der Waals surface area contributed by atoms with Gasteiger partial charge in [-0.2, -0.15) is 0 Å². The molecule has 4 atom stereocenters. The standard InChI is InChI=1S/C58H43NO2/c1-37-12-9-19-49-50-35-41(25-29-55(50)60-57(37)49)44-32-43(33-45(34-44)42-26-30-56-51(36-42)52-20-7-8-31-58(52,2)61-56)38-23-27-46(28-24-38)59(53-21-10-15-39-13-3-5-17-47(39)53)54-22-11-16-40-14-4-6-18-48(40)54/h3-37,52,57H,1-2H3. The van der Waals surface area contributed by atoms with Crippen molar-refractivity contribution < 1.29 is 9.47 Å². The van der Waals surface area contributed by atoms with Crippen molar-refractivity contribution in [1.82, 2.24) is 0 Å². The molecule has 2 aliphatic carbocycles. The van der Waals surface area contributed by atoms with E-state index >= 15 is 0 Å². The van der Waals surface area contributed by atoms with Gasteiger partial charge in [-0.3, -0.25) is 0 Å². The third-order valence-corrected chi connectivity index (χ3v) is 13.2. The van der Waals surface area contributed by atoms with E-state index in [1.807, 2.05) is 0 Å². The fourth-order valence-corrected chi connectivity index (χ4v) is 10.1. The molecule has 61 heavy (non-hydrogen) atoms. The first-order valence-electron chi connectivity index (χ1n) is 21.4. The van der Waals surface area contributed by atoms with Gasteiger partial charge in [0.05, 0.1) is 11.4 Å². The lowest BCUT2D eigenvalue weighted by atomic mass is 9.81. The molecule has 8 aromatic rings. The van der Waals surface area contributed by atoms with Gasteiger partial charge >= 0.3 is 0 Å². The van der Waals surface area contributed by atoms with Crippen molar-refractivity contribution in [2.45, 2.75) is 31.5 Å². The first kappa shape index (κ1) is 35.6. The molecule has 0 radical (unpaired) electrons. The Balaban J connectivity index is 0.999. The van der Waals surface area contributed by atoms with Crippen LogP contribution < -0.4 is 14.4 Å². The van der Waals surface area contributed by atoms with Crippen LogP contribution in [0.15, 0.2) is 206 Å². The van der Waals surface area contributed by atoms with Crippen molar-refractivity contribution in [2.24, 2.45) is 5.92 Å². The van der Waals surface area contributed by atoms with Crippen LogP contribution in [-0.2, 0) is 0 Å². The molecule has 12 rings (SSSR count). The molecule has 0 amide bonds. The van der Waals surface area contributed by atoms with E-state index in [0.29, 0.717) is 5.92 Å². The average Bonchev–Trinajstić information content (AvgIpc) is 3.84. The molecule has 0 spiro atoms. The third kappa shape index (κ3) is 5.87. The van der Waals surface area contributed by atoms with Gasteiger partial charge in [0, 0.05) is 45.0 Å². The van der Waals surface area contributed by atoms with Gasteiger partial charge in [-0.1, -0.05) is 140 Å². The molecular formula is C58H43NO2. The summed E-state index contributed by atoms with van der Waals surface area (Å²) in [5.74, 6) is 2.41. The fraction of sp³-hybridized carbons (Fsp3) is 0.103. The predicted octanol–water partition coefficient (Wildman–Crippen LogP) is 15.2. The minimum atomic E-state index is -0.374. The maximum absolute atomic E-state index is 6.55. The Kier molecular flexibility index (Phi) is 8.08. The minimum Gasteiger partial charge on any atom is -0.484 e. The largest absolute Gasteiger partial charge is 0.484 e. The summed E-state index contributed by atoms with van der Waals surface area (Å²) in [5, 5.41) is 4.84. The Morgan fingerprint density at radius 1 is 0.525 bits per heavy atom. The fourth-order valence-electron chi connectivity index (χ4n) is 10.1. The van der Waals surface area contributed by atoms with E-state index < -0.39 is 0 Å². The van der Waals surface area contributed by atoms with Crippen molar-refractivity contribution in [1.29, 1.82) is 0 Å². The molecule has 0 bridgehead atoms. The lowest BCUT2D eigenvalue weighted by Crippen LogP contribution is -2.32. The molecule has 4 aliphatic rings. The first-order chi connectivity index (χ1) is 30.0. The van der Waals surface area contributed by atoms with E-state index in [1.165, 1.54) is 54.9 Å². The Hall–Kier alpha value is -7.36. The topological polar surface area (TPSA) is 21.7 Å². The third-order valence-electron chi connectivity index (χ3n) is 13.2. The summed E-state index contributed by atoms with van der Waals surface area (Å²) in [6, 6.07) is 60.1. The highest BCUT2D eigenvalue weighted by Gasteiger charge is 2.42. The summed E-state index contributed by atoms with van der Waals surface area (Å²) < 4.78 is 13.0. The van der Waals surface area contributed by atoms with Gasteiger partial charge in [0.1, 0.15) is 23.2 Å². The van der Waals surface area contributed by atoms with E-state index in [0.717, 1.165) is 45.3 Å². The summed E-state index contributed by atoms with van der Waals surface area (Å²) >= 11 is 0. The van der Waals surface area contributed by atoms with Gasteiger partial charge < -0.3 is 14.4 Å². The zero-order chi connectivity index (χ0) is 40.7. The molecule has 0 saturated heterocycles. The highest BCUT2D eigenvalue weighted by atomic mass is 16.5. The number of hydrogen-bond donors (Lipinski definition) is 0. The van der Waals surface area contributed by atoms with Gasteiger partial charge in [0.2, 0.25) is 0 Å². The Morgan fingerprint density at radius 3 is 1.84 bits per heavy atom. The van der Waals surface area contributed by atoms with E-state index in [9.17, 15) is 0 Å². The molecule has 0 saturated carbocycles. The summed E-state index contributed by atoms with van der Waals surface area (Å²) in [4.78, 5) is 2.42. The second-order valence-electron chi connectivity index (χ2n) is 17.1. The quantitative estimate of drug-likeness (QED) is 0.168. The molecule has 0 N–H and O–H groups in total. The second-order valence-corrected chi connectivity index (χ2v) is 17.1. The van der Waals surface area contributed by atoms with Gasteiger partial charge in [-0.25, -0.2) is 0 Å². The zero-order valence-electron chi connectivity index (χ0n) is 34.1. The number of ether oxygens (including phenoxy) is 2. The molecular weight excluding hydrogens is 743 g/mol. The summed E-state index contributed by atoms with van der Waals surface area (Å²) in [7, 11) is 0. The lowest BCUT2D eigenvalue weighted by molar-refractivity contribution is 0.155. The van der Waals surface area contributed by atoms with E-state index in [-0.39, 0.29) is 17.6 Å². The van der Waals surface area contributed by atoms with Crippen molar-refractivity contribution >= 4 is 44.2 Å². The van der Waals surface area contributed by atoms with Crippen LogP contribution in [0.5, 0.6) is 11.5 Å². The summed E-state index contributed by atoms with van der Waals surface area (Å²) in [5.41, 5.74) is 13.7. The van der Waals surface area contributed by atoms with Gasteiger partial charge in [-0.15, -0.1) is 0 Å². The van der Waals surface area contributed by atoms with E-state index in [1.54, 1.807) is 0 Å². The molecule has 0 aromatic heterocycles. The number of allylic oxidation sites excluding steroid dienone is 4. The number of hydrogen-bond acceptors (Lipinski definition) is 3. The Morgan fingerprint density at radius 2 is 1.13 bits per heavy atom. The maximum atomic E-state index is 6.55. The van der Waals surface area contributed by atoms with E-state index in [4.69, 9.17) is 9.47 Å². The predicted molar refractivity (Wildman–Crippen MR) is 253 cm³/mol. The zero-order valence-corrected chi connectivity index (χ0v) is 34.1. The number of nitrogens with zero attached hydrogens (tertiary/aromatic N) is 1. The van der Waals surface area contributed by atoms with Crippen LogP contribution >= 0.6 is 0 Å². The number of benzene rings is 8. The van der Waals surface area contributed by atoms with Crippen LogP contribution in [0.2, 0.25) is 0 Å². The molecule has 2 heterocycles. The average molecular weight is 786 g/mol. The second kappa shape index (κ2) is 13.9. The van der Waals surface area contributed by atoms with Crippen molar-refractivity contribution in [3.05, 3.63) is 217 Å². The monoisotopic (exact) mass is 785 g/mol. The summed E-state index contributed by atoms with van der Waals surface area (Å²) in [6.45, 7) is 4.41. The van der Waals surface area contributed by atoms with Crippen LogP contribution in [0, 0.1) is 5.92 Å². The van der Waals surface area contributed by atoms with Crippen LogP contribution in [-0.4, -0.2) is 11.7 Å². The molecule has 0 fully saturated rings. The van der Waals surface area contributed by atoms with Crippen LogP contribution in [0.4, 0.5) is 17.1 Å². The molecule has 3 nitrogen and oxygen atoms in total. The summed E-state index contributed by atoms with van der Waals surface area (Å²) in [6.07, 6.45) is 15.4. The van der Waals surface area contributed by atoms with Gasteiger partial charge in [0.25, 0.3) is 0 Å². The van der Waals surface area contributed by atoms with Crippen molar-refractivity contribution in [3.63, 3.8) is 0 Å². The van der Waals surface area contributed by atoms with Crippen LogP contribution in [0.3, 0.4) is 0 Å². The normalized spacial score (nSPS) is 20.4. The number of anilines is 3. The molecule has 4 unspecified atom stereocenters. The number of fused-ring (bicyclic) bond motifs is 8. The molecule has 2 aliphatic heterocycles. The SMILES string of the molecule is CC1C=CC=C2c3cc(-c4cc(-c5ccc(N(c6cccc7ccccc67)c6cccc7ccccc67)cc5)cc(-c5ccc6c(c5)C5C=CC=CC5(C)O6)c4)ccc3OC21. The van der Waals surface area contributed by atoms with Crippen LogP contribution in [0.25, 0.3) is 60.5 Å². The molecule has 3 heteroatoms. The number of rotatable bonds is 6. The van der Waals surface area contributed by atoms with Gasteiger partial charge in [-0.05, 0) is 124 Å². The van der Waals surface area contributed by atoms with Crippen molar-refractivity contribution in [3.8, 4) is 44.9 Å². The van der Waals surface area contributed by atoms with Crippen molar-refractivity contribution in [2.75, 3.05) is 4.90 Å². The smallest absolute Gasteiger partial charge is 0.135 e. The van der Waals surface area contributed by atoms with Gasteiger partial charge in [0.15, 0.2) is 0 Å². The lowest BCUT2D eigenvalue weighted by Gasteiger charge is -2.28. The maximum Gasteiger partial charge on any atom is 0.135 e. The Bertz CT molecular complexity index is 3110. The Labute approximate surface area is 356 Å². The highest BCUT2D eigenvalue weighted by molar-refractivity contribution is 6.05. The van der Waals surface area contributed by atoms with E-state index in [2.05, 4.69) is 225 Å². The van der Waals surface area contributed by atoms with Crippen LogP contribution in [0.1, 0.15) is 30.9 Å². The first-order valence-corrected chi connectivity index (χ1v) is 21.4. The highest BCUT2D eigenvalue weighted by Crippen LogP contribution is 2.50.